The van der Waals surface area contributed by atoms with Crippen LogP contribution in [0.25, 0.3) is 0 Å². The van der Waals surface area contributed by atoms with Crippen molar-refractivity contribution in [2.45, 2.75) is 23.3 Å². The molecule has 0 radical (unpaired) electrons. The molecule has 4 amide bonds. The van der Waals surface area contributed by atoms with Crippen molar-refractivity contribution in [3.8, 4) is 0 Å². The van der Waals surface area contributed by atoms with Crippen LogP contribution in [-0.2, 0) is 19.2 Å². The minimum atomic E-state index is -0.655. The Morgan fingerprint density at radius 2 is 1.25 bits per heavy atom. The molecule has 1 aromatic carbocycles. The van der Waals surface area contributed by atoms with Crippen LogP contribution >= 0.6 is 23.5 Å². The van der Waals surface area contributed by atoms with E-state index in [2.05, 4.69) is 20.6 Å². The summed E-state index contributed by atoms with van der Waals surface area (Å²) in [6.07, 6.45) is -0.195. The maximum absolute atomic E-state index is 12.3. The van der Waals surface area contributed by atoms with Gasteiger partial charge in [-0.1, -0.05) is 35.7 Å². The first kappa shape index (κ1) is 19.9. The Balaban J connectivity index is 1.58. The van der Waals surface area contributed by atoms with Crippen LogP contribution in [0, 0.1) is 0 Å². The van der Waals surface area contributed by atoms with Crippen molar-refractivity contribution in [2.75, 3.05) is 10.6 Å². The number of para-hydroxylation sites is 2. The standard InChI is InChI=1S/C16H16N6O4S2/c17-15-21-13(25)9(27-15)5-11(23)19-7-3-1-2-4-8(7)20-12(24)6-10-14(26)22-16(18)28-10/h1-4,9-10H,5-6H2,(H,19,23)(H,20,24)(H2,17,21,25)(H2,18,22,26). The lowest BCUT2D eigenvalue weighted by atomic mass is 10.2. The van der Waals surface area contributed by atoms with Crippen LogP contribution in [0.3, 0.4) is 0 Å². The molecule has 0 spiro atoms. The minimum absolute atomic E-state index is 0.0974. The van der Waals surface area contributed by atoms with Crippen molar-refractivity contribution in [2.24, 2.45) is 21.5 Å². The maximum atomic E-state index is 12.3. The molecule has 12 heteroatoms. The molecule has 2 heterocycles. The third-order valence-corrected chi connectivity index (χ3v) is 5.71. The molecule has 0 aromatic heterocycles. The second kappa shape index (κ2) is 8.44. The molecular formula is C16H16N6O4S2. The van der Waals surface area contributed by atoms with Gasteiger partial charge in [-0.2, -0.15) is 9.98 Å². The fraction of sp³-hybridized carbons (Fsp3) is 0.250. The molecule has 0 bridgehead atoms. The number of hydrogen-bond donors (Lipinski definition) is 4. The van der Waals surface area contributed by atoms with Crippen molar-refractivity contribution < 1.29 is 19.2 Å². The molecule has 1 aromatic rings. The molecule has 2 atom stereocenters. The van der Waals surface area contributed by atoms with Crippen LogP contribution in [-0.4, -0.2) is 44.5 Å². The highest BCUT2D eigenvalue weighted by Gasteiger charge is 2.30. The molecule has 0 saturated carbocycles. The van der Waals surface area contributed by atoms with Crippen LogP contribution in [0.4, 0.5) is 11.4 Å². The van der Waals surface area contributed by atoms with Crippen LogP contribution in [0.15, 0.2) is 34.3 Å². The topological polar surface area (TPSA) is 169 Å². The van der Waals surface area contributed by atoms with Crippen molar-refractivity contribution in [3.63, 3.8) is 0 Å². The second-order valence-electron chi connectivity index (χ2n) is 5.84. The monoisotopic (exact) mass is 420 g/mol. The van der Waals surface area contributed by atoms with Gasteiger partial charge in [-0.25, -0.2) is 0 Å². The third kappa shape index (κ3) is 4.89. The molecule has 2 unspecified atom stereocenters. The van der Waals surface area contributed by atoms with Gasteiger partial charge < -0.3 is 22.1 Å². The zero-order chi connectivity index (χ0) is 20.3. The lowest BCUT2D eigenvalue weighted by Gasteiger charge is -2.14. The SMILES string of the molecule is NC1=NC(=O)C(CC(=O)Nc2ccccc2NC(=O)CC2SC(N)=NC2=O)S1. The minimum Gasteiger partial charge on any atom is -0.378 e. The van der Waals surface area contributed by atoms with Gasteiger partial charge in [0.25, 0.3) is 11.8 Å². The van der Waals surface area contributed by atoms with Crippen molar-refractivity contribution >= 4 is 68.9 Å². The van der Waals surface area contributed by atoms with E-state index in [1.165, 1.54) is 0 Å². The number of nitrogens with zero attached hydrogens (tertiary/aromatic N) is 2. The quantitative estimate of drug-likeness (QED) is 0.508. The zero-order valence-corrected chi connectivity index (χ0v) is 16.0. The second-order valence-corrected chi connectivity index (χ2v) is 8.29. The Morgan fingerprint density at radius 1 is 0.857 bits per heavy atom. The first-order valence-corrected chi connectivity index (χ1v) is 9.86. The van der Waals surface area contributed by atoms with Crippen molar-refractivity contribution in [1.29, 1.82) is 0 Å². The Hall–Kier alpha value is -2.86. The Kier molecular flexibility index (Phi) is 5.99. The Labute approximate surface area is 168 Å². The summed E-state index contributed by atoms with van der Waals surface area (Å²) in [5.74, 6) is -1.72. The Bertz CT molecular complexity index is 843. The highest BCUT2D eigenvalue weighted by molar-refractivity contribution is 8.15. The van der Waals surface area contributed by atoms with Gasteiger partial charge >= 0.3 is 0 Å². The highest BCUT2D eigenvalue weighted by Crippen LogP contribution is 2.27. The van der Waals surface area contributed by atoms with Gasteiger partial charge in [-0.05, 0) is 12.1 Å². The normalized spacial score (nSPS) is 21.3. The summed E-state index contributed by atoms with van der Waals surface area (Å²) in [6.45, 7) is 0. The van der Waals surface area contributed by atoms with E-state index in [1.54, 1.807) is 24.3 Å². The maximum Gasteiger partial charge on any atom is 0.262 e. The molecule has 0 aliphatic carbocycles. The number of carbonyl (C=O) groups excluding carboxylic acids is 4. The van der Waals surface area contributed by atoms with Crippen LogP contribution in [0.1, 0.15) is 12.8 Å². The first-order valence-electron chi connectivity index (χ1n) is 8.10. The number of rotatable bonds is 6. The van der Waals surface area contributed by atoms with Crippen LogP contribution < -0.4 is 22.1 Å². The molecule has 2 aliphatic rings. The van der Waals surface area contributed by atoms with E-state index in [0.29, 0.717) is 11.4 Å². The molecule has 28 heavy (non-hydrogen) atoms. The van der Waals surface area contributed by atoms with E-state index >= 15 is 0 Å². The van der Waals surface area contributed by atoms with Crippen LogP contribution in [0.2, 0.25) is 0 Å². The van der Waals surface area contributed by atoms with Gasteiger partial charge in [0.2, 0.25) is 11.8 Å². The number of amidine groups is 2. The average Bonchev–Trinajstić information content (AvgIpc) is 3.09. The van der Waals surface area contributed by atoms with Gasteiger partial charge in [0.05, 0.1) is 11.4 Å². The van der Waals surface area contributed by atoms with E-state index in [9.17, 15) is 19.2 Å². The van der Waals surface area contributed by atoms with E-state index < -0.39 is 34.1 Å². The molecule has 0 saturated heterocycles. The number of thioether (sulfide) groups is 2. The molecule has 2 aliphatic heterocycles. The molecular weight excluding hydrogens is 404 g/mol. The predicted octanol–water partition coefficient (Wildman–Crippen LogP) is 0.257. The molecule has 6 N–H and O–H groups in total. The number of amides is 4. The van der Waals surface area contributed by atoms with E-state index in [0.717, 1.165) is 23.5 Å². The lowest BCUT2D eigenvalue weighted by Crippen LogP contribution is -2.24. The third-order valence-electron chi connectivity index (χ3n) is 3.73. The van der Waals surface area contributed by atoms with Crippen LogP contribution in [0.5, 0.6) is 0 Å². The number of anilines is 2. The molecule has 146 valence electrons. The van der Waals surface area contributed by atoms with Gasteiger partial charge in [-0.15, -0.1) is 0 Å². The van der Waals surface area contributed by atoms with E-state index in [1.807, 2.05) is 0 Å². The fourth-order valence-corrected chi connectivity index (χ4v) is 4.15. The number of carbonyl (C=O) groups is 4. The van der Waals surface area contributed by atoms with E-state index in [-0.39, 0.29) is 23.2 Å². The molecule has 0 fully saturated rings. The van der Waals surface area contributed by atoms with Gasteiger partial charge in [0.15, 0.2) is 10.3 Å². The van der Waals surface area contributed by atoms with E-state index in [4.69, 9.17) is 11.5 Å². The predicted molar refractivity (Wildman–Crippen MR) is 109 cm³/mol. The van der Waals surface area contributed by atoms with Gasteiger partial charge in [0, 0.05) is 12.8 Å². The molecule has 10 nitrogen and oxygen atoms in total. The largest absolute Gasteiger partial charge is 0.378 e. The lowest BCUT2D eigenvalue weighted by molar-refractivity contribution is -0.121. The number of nitrogens with two attached hydrogens (primary N) is 2. The summed E-state index contributed by atoms with van der Waals surface area (Å²) >= 11 is 2.08. The Morgan fingerprint density at radius 3 is 1.57 bits per heavy atom. The number of benzene rings is 1. The fourth-order valence-electron chi connectivity index (χ4n) is 2.50. The summed E-state index contributed by atoms with van der Waals surface area (Å²) in [5.41, 5.74) is 11.7. The summed E-state index contributed by atoms with van der Waals surface area (Å²) in [5, 5.41) is 4.29. The number of aliphatic imine (C=N–C) groups is 2. The van der Waals surface area contributed by atoms with Gasteiger partial charge in [-0.3, -0.25) is 19.2 Å². The summed E-state index contributed by atoms with van der Waals surface area (Å²) in [4.78, 5) is 54.9. The van der Waals surface area contributed by atoms with Gasteiger partial charge in [0.1, 0.15) is 10.5 Å². The average molecular weight is 420 g/mol. The highest BCUT2D eigenvalue weighted by atomic mass is 32.2. The van der Waals surface area contributed by atoms with Crippen molar-refractivity contribution in [3.05, 3.63) is 24.3 Å². The summed E-state index contributed by atoms with van der Waals surface area (Å²) in [6, 6.07) is 6.59. The zero-order valence-electron chi connectivity index (χ0n) is 14.4. The number of hydrogen-bond acceptors (Lipinski definition) is 8. The molecule has 3 rings (SSSR count). The summed E-state index contributed by atoms with van der Waals surface area (Å²) in [7, 11) is 0. The van der Waals surface area contributed by atoms with Crippen molar-refractivity contribution in [1.82, 2.24) is 0 Å². The first-order chi connectivity index (χ1) is 13.3. The summed E-state index contributed by atoms with van der Waals surface area (Å²) < 4.78 is 0. The number of nitrogens with one attached hydrogen (secondary N) is 2. The smallest absolute Gasteiger partial charge is 0.262 e.